The van der Waals surface area contributed by atoms with Gasteiger partial charge >= 0.3 is 17.9 Å². The molecule has 0 heterocycles. The van der Waals surface area contributed by atoms with Gasteiger partial charge in [0.2, 0.25) is 0 Å². The van der Waals surface area contributed by atoms with Gasteiger partial charge in [-0.3, -0.25) is 14.4 Å². The van der Waals surface area contributed by atoms with E-state index in [1.54, 1.807) is 0 Å². The van der Waals surface area contributed by atoms with Gasteiger partial charge in [-0.15, -0.1) is 0 Å². The fraction of sp³-hybridized carbons (Fsp3) is 0.745. The van der Waals surface area contributed by atoms with E-state index in [0.717, 1.165) is 70.6 Å². The lowest BCUT2D eigenvalue weighted by molar-refractivity contribution is -0.166. The molecule has 1 unspecified atom stereocenters. The van der Waals surface area contributed by atoms with Crippen LogP contribution in [0.2, 0.25) is 0 Å². The zero-order chi connectivity index (χ0) is 41.5. The maximum atomic E-state index is 12.7. The molecule has 0 aromatic rings. The van der Waals surface area contributed by atoms with Crippen molar-refractivity contribution in [2.24, 2.45) is 0 Å². The van der Waals surface area contributed by atoms with Crippen LogP contribution in [0.5, 0.6) is 0 Å². The number of allylic oxidation sites excluding steroid dienone is 10. The van der Waals surface area contributed by atoms with Crippen LogP contribution in [0.4, 0.5) is 0 Å². The van der Waals surface area contributed by atoms with E-state index in [9.17, 15) is 14.4 Å². The third-order valence-electron chi connectivity index (χ3n) is 10.1. The van der Waals surface area contributed by atoms with Crippen molar-refractivity contribution < 1.29 is 28.6 Å². The number of hydrogen-bond donors (Lipinski definition) is 0. The SMILES string of the molecule is CC/C=C\C/C=C\C/C=C\C/C=C\C/C=C\CCC(=O)OCC(COC(=O)CCCCCCCCCCCCC)OC(=O)CCCCCCCCCCCCCC. The number of hydrogen-bond acceptors (Lipinski definition) is 6. The third kappa shape index (κ3) is 44.1. The van der Waals surface area contributed by atoms with Crippen LogP contribution in [0.3, 0.4) is 0 Å². The van der Waals surface area contributed by atoms with Crippen LogP contribution in [0.25, 0.3) is 0 Å². The van der Waals surface area contributed by atoms with E-state index >= 15 is 0 Å². The number of esters is 3. The summed E-state index contributed by atoms with van der Waals surface area (Å²) in [6.07, 6.45) is 55.0. The Bertz CT molecular complexity index is 1050. The summed E-state index contributed by atoms with van der Waals surface area (Å²) < 4.78 is 16.7. The van der Waals surface area contributed by atoms with Gasteiger partial charge in [-0.2, -0.15) is 0 Å². The summed E-state index contributed by atoms with van der Waals surface area (Å²) in [6, 6.07) is 0. The maximum Gasteiger partial charge on any atom is 0.306 e. The van der Waals surface area contributed by atoms with Crippen molar-refractivity contribution in [1.82, 2.24) is 0 Å². The molecule has 0 saturated heterocycles. The second kappa shape index (κ2) is 45.8. The Hall–Kier alpha value is -2.89. The summed E-state index contributed by atoms with van der Waals surface area (Å²) >= 11 is 0. The van der Waals surface area contributed by atoms with Crippen LogP contribution in [0.1, 0.15) is 226 Å². The molecular weight excluding hydrogens is 709 g/mol. The first-order chi connectivity index (χ1) is 28.0. The van der Waals surface area contributed by atoms with Gasteiger partial charge in [0, 0.05) is 19.3 Å². The molecule has 0 amide bonds. The molecule has 0 rings (SSSR count). The van der Waals surface area contributed by atoms with Crippen LogP contribution >= 0.6 is 0 Å². The van der Waals surface area contributed by atoms with Gasteiger partial charge in [0.15, 0.2) is 6.10 Å². The number of rotatable bonds is 42. The lowest BCUT2D eigenvalue weighted by Crippen LogP contribution is -2.30. The number of carbonyl (C=O) groups is 3. The first-order valence-electron chi connectivity index (χ1n) is 23.8. The molecule has 0 N–H and O–H groups in total. The van der Waals surface area contributed by atoms with E-state index in [0.29, 0.717) is 19.3 Å². The largest absolute Gasteiger partial charge is 0.462 e. The molecule has 0 radical (unpaired) electrons. The molecule has 0 fully saturated rings. The smallest absolute Gasteiger partial charge is 0.306 e. The second-order valence-electron chi connectivity index (χ2n) is 15.6. The van der Waals surface area contributed by atoms with E-state index in [2.05, 4.69) is 75.5 Å². The van der Waals surface area contributed by atoms with Crippen molar-refractivity contribution in [2.75, 3.05) is 13.2 Å². The summed E-state index contributed by atoms with van der Waals surface area (Å²) in [5.41, 5.74) is 0. The molecule has 0 bridgehead atoms. The first-order valence-corrected chi connectivity index (χ1v) is 23.8. The highest BCUT2D eigenvalue weighted by Gasteiger charge is 2.19. The first kappa shape index (κ1) is 54.1. The molecule has 57 heavy (non-hydrogen) atoms. The highest BCUT2D eigenvalue weighted by molar-refractivity contribution is 5.71. The number of carbonyl (C=O) groups excluding carboxylic acids is 3. The van der Waals surface area contributed by atoms with Crippen LogP contribution < -0.4 is 0 Å². The van der Waals surface area contributed by atoms with Gasteiger partial charge in [0.25, 0.3) is 0 Å². The standard InChI is InChI=1S/C51H88O6/c1-4-7-10-13-16-19-22-24-25-26-27-30-32-35-38-41-44-50(53)56-47-48(46-55-49(52)43-40-37-34-31-28-21-18-15-12-9-6-3)57-51(54)45-42-39-36-33-29-23-20-17-14-11-8-5-2/h7,10,16,19,24-25,27,30,35,38,48H,4-6,8-9,11-15,17-18,20-23,26,28-29,31-34,36-37,39-47H2,1-3H3/b10-7-,19-16-,25-24-,30-27-,38-35-. The normalized spacial score (nSPS) is 12.5. The average molecular weight is 797 g/mol. The van der Waals surface area contributed by atoms with Crippen molar-refractivity contribution in [3.05, 3.63) is 60.8 Å². The predicted octanol–water partition coefficient (Wildman–Crippen LogP) is 15.3. The summed E-state index contributed by atoms with van der Waals surface area (Å²) in [6.45, 7) is 6.44. The van der Waals surface area contributed by atoms with Gasteiger partial charge in [0.1, 0.15) is 13.2 Å². The Kier molecular flexibility index (Phi) is 43.5. The zero-order valence-corrected chi connectivity index (χ0v) is 37.3. The Morgan fingerprint density at radius 3 is 1.07 bits per heavy atom. The molecule has 0 spiro atoms. The second-order valence-corrected chi connectivity index (χ2v) is 15.6. The van der Waals surface area contributed by atoms with Gasteiger partial charge in [-0.25, -0.2) is 0 Å². The molecule has 328 valence electrons. The van der Waals surface area contributed by atoms with Gasteiger partial charge in [-0.05, 0) is 51.4 Å². The van der Waals surface area contributed by atoms with Crippen molar-refractivity contribution in [1.29, 1.82) is 0 Å². The molecule has 0 aromatic carbocycles. The molecule has 6 heteroatoms. The van der Waals surface area contributed by atoms with Gasteiger partial charge in [0.05, 0.1) is 0 Å². The topological polar surface area (TPSA) is 78.9 Å². The van der Waals surface area contributed by atoms with Crippen LogP contribution in [-0.4, -0.2) is 37.2 Å². The average Bonchev–Trinajstić information content (AvgIpc) is 3.21. The van der Waals surface area contributed by atoms with Crippen molar-refractivity contribution in [3.8, 4) is 0 Å². The lowest BCUT2D eigenvalue weighted by Gasteiger charge is -2.18. The minimum Gasteiger partial charge on any atom is -0.462 e. The minimum absolute atomic E-state index is 0.0941. The van der Waals surface area contributed by atoms with E-state index < -0.39 is 6.10 Å². The Morgan fingerprint density at radius 2 is 0.684 bits per heavy atom. The lowest BCUT2D eigenvalue weighted by atomic mass is 10.0. The fourth-order valence-electron chi connectivity index (χ4n) is 6.49. The monoisotopic (exact) mass is 797 g/mol. The summed E-state index contributed by atoms with van der Waals surface area (Å²) in [5, 5.41) is 0. The predicted molar refractivity (Wildman–Crippen MR) is 242 cm³/mol. The van der Waals surface area contributed by atoms with Crippen molar-refractivity contribution >= 4 is 17.9 Å². The molecule has 0 aromatic heterocycles. The van der Waals surface area contributed by atoms with E-state index in [4.69, 9.17) is 14.2 Å². The summed E-state index contributed by atoms with van der Waals surface area (Å²) in [5.74, 6) is -0.981. The van der Waals surface area contributed by atoms with Crippen molar-refractivity contribution in [3.63, 3.8) is 0 Å². The Labute approximate surface area is 351 Å². The molecule has 1 atom stereocenters. The Balaban J connectivity index is 4.47. The highest BCUT2D eigenvalue weighted by Crippen LogP contribution is 2.15. The van der Waals surface area contributed by atoms with E-state index in [-0.39, 0.29) is 37.5 Å². The van der Waals surface area contributed by atoms with Gasteiger partial charge in [-0.1, -0.05) is 216 Å². The molecule has 0 aliphatic rings. The van der Waals surface area contributed by atoms with E-state index in [1.807, 2.05) is 6.08 Å². The number of ether oxygens (including phenoxy) is 3. The molecule has 6 nitrogen and oxygen atoms in total. The fourth-order valence-corrected chi connectivity index (χ4v) is 6.49. The zero-order valence-electron chi connectivity index (χ0n) is 37.3. The van der Waals surface area contributed by atoms with Crippen LogP contribution in [0, 0.1) is 0 Å². The van der Waals surface area contributed by atoms with Crippen LogP contribution in [-0.2, 0) is 28.6 Å². The summed E-state index contributed by atoms with van der Waals surface area (Å²) in [4.78, 5) is 37.7. The number of unbranched alkanes of at least 4 members (excludes halogenated alkanes) is 21. The third-order valence-corrected chi connectivity index (χ3v) is 10.1. The molecular formula is C51H88O6. The van der Waals surface area contributed by atoms with Gasteiger partial charge < -0.3 is 14.2 Å². The summed E-state index contributed by atoms with van der Waals surface area (Å²) in [7, 11) is 0. The van der Waals surface area contributed by atoms with Crippen molar-refractivity contribution in [2.45, 2.75) is 232 Å². The molecule has 0 saturated carbocycles. The minimum atomic E-state index is -0.797. The molecule has 0 aliphatic heterocycles. The Morgan fingerprint density at radius 1 is 0.368 bits per heavy atom. The van der Waals surface area contributed by atoms with Crippen LogP contribution in [0.15, 0.2) is 60.8 Å². The quantitative estimate of drug-likeness (QED) is 0.0265. The maximum absolute atomic E-state index is 12.7. The molecule has 0 aliphatic carbocycles. The highest BCUT2D eigenvalue weighted by atomic mass is 16.6. The van der Waals surface area contributed by atoms with E-state index in [1.165, 1.54) is 109 Å².